The molecule has 1 aliphatic carbocycles. The minimum absolute atomic E-state index is 0.0497. The highest BCUT2D eigenvalue weighted by Gasteiger charge is 2.26. The molecule has 0 radical (unpaired) electrons. The van der Waals surface area contributed by atoms with Gasteiger partial charge in [0.05, 0.1) is 12.3 Å². The van der Waals surface area contributed by atoms with Crippen LogP contribution in [0, 0.1) is 11.8 Å². The van der Waals surface area contributed by atoms with Gasteiger partial charge < -0.3 is 16.2 Å². The number of hydrogen-bond acceptors (Lipinski definition) is 3. The molecular weight excluding hydrogens is 220 g/mol. The van der Waals surface area contributed by atoms with Crippen molar-refractivity contribution in [3.63, 3.8) is 0 Å². The van der Waals surface area contributed by atoms with Gasteiger partial charge in [-0.05, 0) is 12.3 Å². The van der Waals surface area contributed by atoms with Crippen molar-refractivity contribution >= 4 is 11.9 Å². The second-order valence-corrected chi connectivity index (χ2v) is 4.85. The summed E-state index contributed by atoms with van der Waals surface area (Å²) in [4.78, 5) is 22.6. The Morgan fingerprint density at radius 3 is 2.53 bits per heavy atom. The Morgan fingerprint density at radius 1 is 1.47 bits per heavy atom. The summed E-state index contributed by atoms with van der Waals surface area (Å²) >= 11 is 0. The van der Waals surface area contributed by atoms with Crippen molar-refractivity contribution in [2.75, 3.05) is 0 Å². The van der Waals surface area contributed by atoms with Gasteiger partial charge in [0, 0.05) is 12.1 Å². The SMILES string of the molecule is CC(C)C(CC(=O)O)NC(=O)C1C=CC(N)C1. The van der Waals surface area contributed by atoms with Crippen LogP contribution in [-0.4, -0.2) is 29.1 Å². The van der Waals surface area contributed by atoms with Crippen LogP contribution in [0.2, 0.25) is 0 Å². The fraction of sp³-hybridized carbons (Fsp3) is 0.667. The monoisotopic (exact) mass is 240 g/mol. The predicted molar refractivity (Wildman–Crippen MR) is 64.2 cm³/mol. The van der Waals surface area contributed by atoms with Gasteiger partial charge in [0.1, 0.15) is 0 Å². The first-order valence-corrected chi connectivity index (χ1v) is 5.86. The third-order valence-corrected chi connectivity index (χ3v) is 2.98. The molecule has 0 heterocycles. The van der Waals surface area contributed by atoms with E-state index in [1.807, 2.05) is 19.9 Å². The Hall–Kier alpha value is -1.36. The molecule has 0 aromatic heterocycles. The maximum absolute atomic E-state index is 11.9. The first kappa shape index (κ1) is 13.7. The molecule has 3 atom stereocenters. The number of carbonyl (C=O) groups excluding carboxylic acids is 1. The highest BCUT2D eigenvalue weighted by atomic mass is 16.4. The van der Waals surface area contributed by atoms with Crippen LogP contribution in [0.5, 0.6) is 0 Å². The van der Waals surface area contributed by atoms with Crippen LogP contribution >= 0.6 is 0 Å². The van der Waals surface area contributed by atoms with Crippen molar-refractivity contribution in [2.45, 2.75) is 38.8 Å². The number of aliphatic carboxylic acids is 1. The second-order valence-electron chi connectivity index (χ2n) is 4.85. The standard InChI is InChI=1S/C12H20N2O3/c1-7(2)10(6-11(15)16)14-12(17)8-3-4-9(13)5-8/h3-4,7-10H,5-6,13H2,1-2H3,(H,14,17)(H,15,16). The third kappa shape index (κ3) is 4.19. The molecule has 1 amide bonds. The average Bonchev–Trinajstić information content (AvgIpc) is 2.63. The number of nitrogens with two attached hydrogens (primary N) is 1. The van der Waals surface area contributed by atoms with E-state index in [4.69, 9.17) is 10.8 Å². The maximum atomic E-state index is 11.9. The molecular formula is C12H20N2O3. The molecule has 0 saturated carbocycles. The zero-order valence-corrected chi connectivity index (χ0v) is 10.2. The molecule has 17 heavy (non-hydrogen) atoms. The molecule has 96 valence electrons. The minimum atomic E-state index is -0.900. The quantitative estimate of drug-likeness (QED) is 0.610. The molecule has 5 heteroatoms. The number of rotatable bonds is 5. The molecule has 0 saturated heterocycles. The van der Waals surface area contributed by atoms with E-state index in [9.17, 15) is 9.59 Å². The van der Waals surface area contributed by atoms with Crippen LogP contribution < -0.4 is 11.1 Å². The summed E-state index contributed by atoms with van der Waals surface area (Å²) in [5, 5.41) is 11.6. The van der Waals surface area contributed by atoms with Crippen LogP contribution in [0.25, 0.3) is 0 Å². The molecule has 0 bridgehead atoms. The van der Waals surface area contributed by atoms with E-state index < -0.39 is 5.97 Å². The first-order chi connectivity index (χ1) is 7.90. The van der Waals surface area contributed by atoms with Gasteiger partial charge in [-0.25, -0.2) is 0 Å². The molecule has 1 rings (SSSR count). The van der Waals surface area contributed by atoms with E-state index in [0.29, 0.717) is 6.42 Å². The summed E-state index contributed by atoms with van der Waals surface area (Å²) in [5.41, 5.74) is 5.67. The van der Waals surface area contributed by atoms with Crippen LogP contribution in [0.15, 0.2) is 12.2 Å². The van der Waals surface area contributed by atoms with Crippen molar-refractivity contribution in [1.82, 2.24) is 5.32 Å². The Bertz CT molecular complexity index is 326. The molecule has 5 nitrogen and oxygen atoms in total. The number of amides is 1. The van der Waals surface area contributed by atoms with Crippen molar-refractivity contribution in [1.29, 1.82) is 0 Å². The Labute approximate surface area is 101 Å². The lowest BCUT2D eigenvalue weighted by Gasteiger charge is -2.22. The largest absolute Gasteiger partial charge is 0.481 e. The Kier molecular flexibility index (Phi) is 4.69. The van der Waals surface area contributed by atoms with Gasteiger partial charge in [0.2, 0.25) is 5.91 Å². The van der Waals surface area contributed by atoms with E-state index in [1.54, 1.807) is 6.08 Å². The fourth-order valence-electron chi connectivity index (χ4n) is 1.85. The summed E-state index contributed by atoms with van der Waals surface area (Å²) in [5.74, 6) is -1.16. The number of carbonyl (C=O) groups is 2. The van der Waals surface area contributed by atoms with Crippen LogP contribution in [0.4, 0.5) is 0 Å². The predicted octanol–water partition coefficient (Wildman–Crippen LogP) is 0.505. The smallest absolute Gasteiger partial charge is 0.305 e. The number of hydrogen-bond donors (Lipinski definition) is 3. The van der Waals surface area contributed by atoms with Gasteiger partial charge >= 0.3 is 5.97 Å². The number of carboxylic acid groups (broad SMARTS) is 1. The molecule has 3 unspecified atom stereocenters. The summed E-state index contributed by atoms with van der Waals surface area (Å²) in [7, 11) is 0. The molecule has 0 aromatic carbocycles. The Balaban J connectivity index is 2.52. The van der Waals surface area contributed by atoms with E-state index in [1.165, 1.54) is 0 Å². The normalized spacial score (nSPS) is 24.9. The zero-order valence-electron chi connectivity index (χ0n) is 10.2. The molecule has 0 fully saturated rings. The van der Waals surface area contributed by atoms with Crippen LogP contribution in [0.3, 0.4) is 0 Å². The van der Waals surface area contributed by atoms with Crippen molar-refractivity contribution in [3.8, 4) is 0 Å². The molecule has 0 spiro atoms. The van der Waals surface area contributed by atoms with Crippen LogP contribution in [0.1, 0.15) is 26.7 Å². The van der Waals surface area contributed by atoms with E-state index >= 15 is 0 Å². The topological polar surface area (TPSA) is 92.4 Å². The number of nitrogens with one attached hydrogen (secondary N) is 1. The maximum Gasteiger partial charge on any atom is 0.305 e. The van der Waals surface area contributed by atoms with E-state index in [2.05, 4.69) is 5.32 Å². The zero-order chi connectivity index (χ0) is 13.0. The third-order valence-electron chi connectivity index (χ3n) is 2.98. The molecule has 1 aliphatic rings. The van der Waals surface area contributed by atoms with Crippen LogP contribution in [-0.2, 0) is 9.59 Å². The van der Waals surface area contributed by atoms with Gasteiger partial charge in [-0.1, -0.05) is 26.0 Å². The van der Waals surface area contributed by atoms with E-state index in [0.717, 1.165) is 0 Å². The van der Waals surface area contributed by atoms with Gasteiger partial charge in [-0.15, -0.1) is 0 Å². The highest BCUT2D eigenvalue weighted by molar-refractivity contribution is 5.82. The first-order valence-electron chi connectivity index (χ1n) is 5.86. The lowest BCUT2D eigenvalue weighted by molar-refractivity contribution is -0.138. The van der Waals surface area contributed by atoms with E-state index in [-0.39, 0.29) is 36.2 Å². The minimum Gasteiger partial charge on any atom is -0.481 e. The molecule has 0 aliphatic heterocycles. The van der Waals surface area contributed by atoms with Gasteiger partial charge in [-0.3, -0.25) is 9.59 Å². The van der Waals surface area contributed by atoms with Crippen molar-refractivity contribution < 1.29 is 14.7 Å². The highest BCUT2D eigenvalue weighted by Crippen LogP contribution is 2.17. The summed E-state index contributed by atoms with van der Waals surface area (Å²) < 4.78 is 0. The molecule has 4 N–H and O–H groups in total. The Morgan fingerprint density at radius 2 is 2.12 bits per heavy atom. The average molecular weight is 240 g/mol. The van der Waals surface area contributed by atoms with Crippen molar-refractivity contribution in [3.05, 3.63) is 12.2 Å². The summed E-state index contributed by atoms with van der Waals surface area (Å²) in [6, 6.07) is -0.395. The van der Waals surface area contributed by atoms with Crippen molar-refractivity contribution in [2.24, 2.45) is 17.6 Å². The summed E-state index contributed by atoms with van der Waals surface area (Å²) in [6.07, 6.45) is 4.15. The lowest BCUT2D eigenvalue weighted by Crippen LogP contribution is -2.42. The van der Waals surface area contributed by atoms with Gasteiger partial charge in [-0.2, -0.15) is 0 Å². The van der Waals surface area contributed by atoms with Gasteiger partial charge in [0.25, 0.3) is 0 Å². The number of carboxylic acids is 1. The molecule has 0 aromatic rings. The van der Waals surface area contributed by atoms with Gasteiger partial charge in [0.15, 0.2) is 0 Å². The fourth-order valence-corrected chi connectivity index (χ4v) is 1.85. The lowest BCUT2D eigenvalue weighted by atomic mass is 9.99. The summed E-state index contributed by atoms with van der Waals surface area (Å²) in [6.45, 7) is 3.79. The second kappa shape index (κ2) is 5.82.